The van der Waals surface area contributed by atoms with E-state index < -0.39 is 21.0 Å². The van der Waals surface area contributed by atoms with Crippen LogP contribution in [-0.2, 0) is 14.6 Å². The zero-order chi connectivity index (χ0) is 17.0. The molecule has 0 saturated heterocycles. The van der Waals surface area contributed by atoms with Crippen molar-refractivity contribution in [1.29, 1.82) is 0 Å². The predicted octanol–water partition coefficient (Wildman–Crippen LogP) is 3.38. The van der Waals surface area contributed by atoms with E-state index in [4.69, 9.17) is 11.6 Å². The number of sulfone groups is 1. The monoisotopic (exact) mass is 351 g/mol. The van der Waals surface area contributed by atoms with Crippen LogP contribution in [0.5, 0.6) is 0 Å². The van der Waals surface area contributed by atoms with Crippen molar-refractivity contribution in [2.45, 2.75) is 30.0 Å². The molecule has 0 heterocycles. The van der Waals surface area contributed by atoms with E-state index >= 15 is 0 Å². The summed E-state index contributed by atoms with van der Waals surface area (Å²) in [6.07, 6.45) is 0. The lowest BCUT2D eigenvalue weighted by atomic mass is 10.1. The molecular formula is C17H18ClNO3S. The van der Waals surface area contributed by atoms with Gasteiger partial charge in [-0.2, -0.15) is 0 Å². The Hall–Kier alpha value is -1.85. The van der Waals surface area contributed by atoms with E-state index in [1.807, 2.05) is 37.3 Å². The summed E-state index contributed by atoms with van der Waals surface area (Å²) >= 11 is 5.77. The molecule has 2 rings (SSSR count). The lowest BCUT2D eigenvalue weighted by Gasteiger charge is -2.18. The molecule has 0 saturated carbocycles. The van der Waals surface area contributed by atoms with Crippen LogP contribution in [0.4, 0.5) is 0 Å². The number of amides is 1. The number of carbonyl (C=O) groups is 1. The maximum absolute atomic E-state index is 12.5. The van der Waals surface area contributed by atoms with Gasteiger partial charge in [-0.3, -0.25) is 4.79 Å². The quantitative estimate of drug-likeness (QED) is 0.898. The van der Waals surface area contributed by atoms with Crippen LogP contribution in [-0.4, -0.2) is 19.6 Å². The minimum absolute atomic E-state index is 0.0805. The molecular weight excluding hydrogens is 334 g/mol. The van der Waals surface area contributed by atoms with Gasteiger partial charge in [0.1, 0.15) is 5.25 Å². The molecule has 23 heavy (non-hydrogen) atoms. The number of nitrogens with one attached hydrogen (secondary N) is 1. The molecule has 1 N–H and O–H groups in total. The van der Waals surface area contributed by atoms with E-state index in [9.17, 15) is 13.2 Å². The number of hydrogen-bond donors (Lipinski definition) is 1. The summed E-state index contributed by atoms with van der Waals surface area (Å²) in [7, 11) is -3.75. The summed E-state index contributed by atoms with van der Waals surface area (Å²) in [6, 6.07) is 14.9. The Kier molecular flexibility index (Phi) is 5.44. The Labute approximate surface area is 141 Å². The van der Waals surface area contributed by atoms with E-state index in [0.717, 1.165) is 5.56 Å². The Morgan fingerprint density at radius 3 is 2.13 bits per heavy atom. The zero-order valence-corrected chi connectivity index (χ0v) is 14.4. The van der Waals surface area contributed by atoms with E-state index in [0.29, 0.717) is 5.02 Å². The highest BCUT2D eigenvalue weighted by atomic mass is 35.5. The second kappa shape index (κ2) is 7.15. The molecule has 2 atom stereocenters. The van der Waals surface area contributed by atoms with Crippen molar-refractivity contribution in [1.82, 2.24) is 5.32 Å². The molecule has 4 nitrogen and oxygen atoms in total. The summed E-state index contributed by atoms with van der Waals surface area (Å²) in [4.78, 5) is 12.4. The van der Waals surface area contributed by atoms with Gasteiger partial charge in [0.15, 0.2) is 9.84 Å². The van der Waals surface area contributed by atoms with Crippen LogP contribution in [0.1, 0.15) is 25.5 Å². The first-order valence-corrected chi connectivity index (χ1v) is 9.09. The minimum Gasteiger partial charge on any atom is -0.348 e. The maximum Gasteiger partial charge on any atom is 0.238 e. The second-order valence-electron chi connectivity index (χ2n) is 5.28. The molecule has 1 amide bonds. The van der Waals surface area contributed by atoms with Crippen LogP contribution in [0.25, 0.3) is 0 Å². The van der Waals surface area contributed by atoms with Crippen molar-refractivity contribution < 1.29 is 13.2 Å². The van der Waals surface area contributed by atoms with Gasteiger partial charge in [-0.15, -0.1) is 0 Å². The van der Waals surface area contributed by atoms with Crippen molar-refractivity contribution >= 4 is 27.3 Å². The third-order valence-corrected chi connectivity index (χ3v) is 5.96. The van der Waals surface area contributed by atoms with Gasteiger partial charge < -0.3 is 5.32 Å². The van der Waals surface area contributed by atoms with E-state index in [1.165, 1.54) is 31.2 Å². The molecule has 0 aliphatic rings. The molecule has 2 unspecified atom stereocenters. The number of halogens is 1. The smallest absolute Gasteiger partial charge is 0.238 e. The molecule has 0 aliphatic carbocycles. The van der Waals surface area contributed by atoms with Crippen LogP contribution >= 0.6 is 11.6 Å². The van der Waals surface area contributed by atoms with E-state index in [1.54, 1.807) is 0 Å². The molecule has 0 spiro atoms. The van der Waals surface area contributed by atoms with Gasteiger partial charge >= 0.3 is 0 Å². The highest BCUT2D eigenvalue weighted by Crippen LogP contribution is 2.20. The maximum atomic E-state index is 12.5. The van der Waals surface area contributed by atoms with Gasteiger partial charge in [-0.25, -0.2) is 8.42 Å². The van der Waals surface area contributed by atoms with E-state index in [2.05, 4.69) is 5.32 Å². The largest absolute Gasteiger partial charge is 0.348 e. The lowest BCUT2D eigenvalue weighted by molar-refractivity contribution is -0.121. The average molecular weight is 352 g/mol. The Balaban J connectivity index is 2.14. The first kappa shape index (κ1) is 17.5. The van der Waals surface area contributed by atoms with Crippen molar-refractivity contribution in [3.63, 3.8) is 0 Å². The Morgan fingerprint density at radius 2 is 1.57 bits per heavy atom. The predicted molar refractivity (Wildman–Crippen MR) is 91.1 cm³/mol. The van der Waals surface area contributed by atoms with Gasteiger partial charge in [0, 0.05) is 5.02 Å². The third-order valence-electron chi connectivity index (χ3n) is 3.64. The number of benzene rings is 2. The summed E-state index contributed by atoms with van der Waals surface area (Å²) in [6.45, 7) is 3.20. The van der Waals surface area contributed by atoms with Crippen molar-refractivity contribution in [3.05, 3.63) is 65.2 Å². The van der Waals surface area contributed by atoms with Gasteiger partial charge in [0.05, 0.1) is 10.9 Å². The Bertz CT molecular complexity index is 773. The topological polar surface area (TPSA) is 63.2 Å². The average Bonchev–Trinajstić information content (AvgIpc) is 2.55. The molecule has 2 aromatic rings. The summed E-state index contributed by atoms with van der Waals surface area (Å²) in [5.41, 5.74) is 0.914. The first-order chi connectivity index (χ1) is 10.8. The van der Waals surface area contributed by atoms with Crippen LogP contribution in [0.3, 0.4) is 0 Å². The highest BCUT2D eigenvalue weighted by Gasteiger charge is 2.30. The summed E-state index contributed by atoms with van der Waals surface area (Å²) in [5.74, 6) is -0.531. The van der Waals surface area contributed by atoms with Crippen LogP contribution < -0.4 is 5.32 Å². The van der Waals surface area contributed by atoms with Crippen molar-refractivity contribution in [3.8, 4) is 0 Å². The van der Waals surface area contributed by atoms with Gasteiger partial charge in [0.25, 0.3) is 0 Å². The van der Waals surface area contributed by atoms with Gasteiger partial charge in [-0.1, -0.05) is 41.9 Å². The van der Waals surface area contributed by atoms with Crippen LogP contribution in [0.15, 0.2) is 59.5 Å². The number of rotatable bonds is 5. The third kappa shape index (κ3) is 4.12. The van der Waals surface area contributed by atoms with E-state index in [-0.39, 0.29) is 10.9 Å². The first-order valence-electron chi connectivity index (χ1n) is 7.17. The second-order valence-corrected chi connectivity index (χ2v) is 7.99. The SMILES string of the molecule is CC(NC(=O)C(C)S(=O)(=O)c1ccc(Cl)cc1)c1ccccc1. The molecule has 0 bridgehead atoms. The van der Waals surface area contributed by atoms with Gasteiger partial charge in [0.2, 0.25) is 5.91 Å². The molecule has 6 heteroatoms. The van der Waals surface area contributed by atoms with Gasteiger partial charge in [-0.05, 0) is 43.7 Å². The molecule has 0 aliphatic heterocycles. The fourth-order valence-corrected chi connectivity index (χ4v) is 3.52. The van der Waals surface area contributed by atoms with Crippen LogP contribution in [0.2, 0.25) is 5.02 Å². The summed E-state index contributed by atoms with van der Waals surface area (Å²) in [5, 5.41) is 2.00. The fourth-order valence-electron chi connectivity index (χ4n) is 2.13. The molecule has 0 aromatic heterocycles. The number of carbonyl (C=O) groups excluding carboxylic acids is 1. The van der Waals surface area contributed by atoms with Crippen molar-refractivity contribution in [2.75, 3.05) is 0 Å². The molecule has 0 radical (unpaired) electrons. The standard InChI is InChI=1S/C17H18ClNO3S/c1-12(14-6-4-3-5-7-14)19-17(20)13(2)23(21,22)16-10-8-15(18)9-11-16/h3-13H,1-2H3,(H,19,20). The normalized spacial score (nSPS) is 14.0. The fraction of sp³-hybridized carbons (Fsp3) is 0.235. The molecule has 0 fully saturated rings. The number of hydrogen-bond acceptors (Lipinski definition) is 3. The molecule has 2 aromatic carbocycles. The lowest BCUT2D eigenvalue weighted by Crippen LogP contribution is -2.39. The highest BCUT2D eigenvalue weighted by molar-refractivity contribution is 7.92. The van der Waals surface area contributed by atoms with Crippen molar-refractivity contribution in [2.24, 2.45) is 0 Å². The Morgan fingerprint density at radius 1 is 1.00 bits per heavy atom. The van der Waals surface area contributed by atoms with Crippen LogP contribution in [0, 0.1) is 0 Å². The minimum atomic E-state index is -3.75. The molecule has 122 valence electrons. The summed E-state index contributed by atoms with van der Waals surface area (Å²) < 4.78 is 25.0. The zero-order valence-electron chi connectivity index (χ0n) is 12.9.